The van der Waals surface area contributed by atoms with E-state index in [0.717, 1.165) is 35.5 Å². The summed E-state index contributed by atoms with van der Waals surface area (Å²) in [6.45, 7) is 9.33. The number of amides is 1. The van der Waals surface area contributed by atoms with Crippen LogP contribution in [0.5, 0.6) is 0 Å². The second kappa shape index (κ2) is 9.64. The van der Waals surface area contributed by atoms with E-state index < -0.39 is 5.97 Å². The van der Waals surface area contributed by atoms with Crippen molar-refractivity contribution in [2.24, 2.45) is 0 Å². The predicted octanol–water partition coefficient (Wildman–Crippen LogP) is 3.85. The maximum absolute atomic E-state index is 12.6. The summed E-state index contributed by atoms with van der Waals surface area (Å²) in [5.74, 6) is -1.05. The van der Waals surface area contributed by atoms with Crippen LogP contribution in [0.3, 0.4) is 0 Å². The summed E-state index contributed by atoms with van der Waals surface area (Å²) in [7, 11) is 1.81. The first-order valence-corrected chi connectivity index (χ1v) is 10.6. The van der Waals surface area contributed by atoms with E-state index in [4.69, 9.17) is 0 Å². The summed E-state index contributed by atoms with van der Waals surface area (Å²) >= 11 is 0. The molecular weight excluding hydrogens is 406 g/mol. The molecule has 0 fully saturated rings. The minimum absolute atomic E-state index is 0.0350. The molecule has 8 nitrogen and oxygen atoms in total. The Morgan fingerprint density at radius 1 is 1.16 bits per heavy atom. The molecule has 0 atom stereocenters. The van der Waals surface area contributed by atoms with Crippen LogP contribution in [0.15, 0.2) is 36.5 Å². The Kier molecular flexibility index (Phi) is 6.92. The standard InChI is InChI=1S/C24H29N5O3/c1-6-29-17(4)20(16(3)27-29)11-12-28(5)22-21(24(31)32)13-18(14-25-22)26-23(30)19-10-8-7-9-15(19)2/h7-10,13-14H,6,11-12H2,1-5H3,(H,26,30)(H,31,32). The molecule has 8 heteroatoms. The lowest BCUT2D eigenvalue weighted by molar-refractivity contribution is 0.0696. The highest BCUT2D eigenvalue weighted by Crippen LogP contribution is 2.23. The van der Waals surface area contributed by atoms with Crippen LogP contribution < -0.4 is 10.2 Å². The number of anilines is 2. The van der Waals surface area contributed by atoms with Crippen LogP contribution in [0.4, 0.5) is 11.5 Å². The summed E-state index contributed by atoms with van der Waals surface area (Å²) in [5.41, 5.74) is 5.01. The van der Waals surface area contributed by atoms with Crippen molar-refractivity contribution >= 4 is 23.4 Å². The normalized spacial score (nSPS) is 10.8. The zero-order chi connectivity index (χ0) is 23.4. The second-order valence-electron chi connectivity index (χ2n) is 7.81. The Hall–Kier alpha value is -3.68. The number of carbonyl (C=O) groups is 2. The number of aromatic carboxylic acids is 1. The molecule has 168 valence electrons. The van der Waals surface area contributed by atoms with Crippen molar-refractivity contribution in [1.82, 2.24) is 14.8 Å². The van der Waals surface area contributed by atoms with Gasteiger partial charge in [-0.05, 0) is 57.4 Å². The second-order valence-corrected chi connectivity index (χ2v) is 7.81. The number of nitrogens with one attached hydrogen (secondary N) is 1. The molecule has 1 aromatic carbocycles. The first kappa shape index (κ1) is 23.0. The summed E-state index contributed by atoms with van der Waals surface area (Å²) < 4.78 is 1.97. The number of pyridine rings is 1. The van der Waals surface area contributed by atoms with Crippen molar-refractivity contribution in [2.45, 2.75) is 40.7 Å². The summed E-state index contributed by atoms with van der Waals surface area (Å²) in [6, 6.07) is 8.67. The van der Waals surface area contributed by atoms with Crippen molar-refractivity contribution in [3.05, 3.63) is 70.2 Å². The average Bonchev–Trinajstić information content (AvgIpc) is 3.04. The van der Waals surface area contributed by atoms with E-state index in [9.17, 15) is 14.7 Å². The molecule has 0 unspecified atom stereocenters. The molecule has 0 aliphatic heterocycles. The maximum atomic E-state index is 12.6. The van der Waals surface area contributed by atoms with Crippen molar-refractivity contribution in [3.63, 3.8) is 0 Å². The monoisotopic (exact) mass is 435 g/mol. The Balaban J connectivity index is 1.78. The highest BCUT2D eigenvalue weighted by Gasteiger charge is 2.19. The van der Waals surface area contributed by atoms with Crippen LogP contribution in [0.2, 0.25) is 0 Å². The molecule has 0 spiro atoms. The van der Waals surface area contributed by atoms with Gasteiger partial charge in [0.15, 0.2) is 0 Å². The van der Waals surface area contributed by atoms with Crippen LogP contribution in [-0.2, 0) is 13.0 Å². The van der Waals surface area contributed by atoms with E-state index in [0.29, 0.717) is 23.6 Å². The van der Waals surface area contributed by atoms with Crippen molar-refractivity contribution in [1.29, 1.82) is 0 Å². The number of nitrogens with zero attached hydrogens (tertiary/aromatic N) is 4. The van der Waals surface area contributed by atoms with Gasteiger partial charge >= 0.3 is 5.97 Å². The number of carboxylic acids is 1. The molecule has 1 amide bonds. The van der Waals surface area contributed by atoms with E-state index in [-0.39, 0.29) is 11.5 Å². The maximum Gasteiger partial charge on any atom is 0.339 e. The Morgan fingerprint density at radius 3 is 2.50 bits per heavy atom. The number of hydrogen-bond donors (Lipinski definition) is 2. The van der Waals surface area contributed by atoms with Gasteiger partial charge in [-0.3, -0.25) is 9.48 Å². The van der Waals surface area contributed by atoms with Gasteiger partial charge in [0.25, 0.3) is 5.91 Å². The van der Waals surface area contributed by atoms with Gasteiger partial charge in [-0.1, -0.05) is 18.2 Å². The van der Waals surface area contributed by atoms with Crippen molar-refractivity contribution in [3.8, 4) is 0 Å². The third-order valence-corrected chi connectivity index (χ3v) is 5.63. The first-order chi connectivity index (χ1) is 15.2. The Morgan fingerprint density at radius 2 is 1.88 bits per heavy atom. The number of carbonyl (C=O) groups excluding carboxylic acids is 1. The third kappa shape index (κ3) is 4.80. The Labute approximate surface area is 187 Å². The molecule has 2 heterocycles. The topological polar surface area (TPSA) is 100 Å². The minimum atomic E-state index is -1.10. The molecule has 0 saturated heterocycles. The Bertz CT molecular complexity index is 1150. The van der Waals surface area contributed by atoms with Gasteiger partial charge in [0.05, 0.1) is 17.6 Å². The summed E-state index contributed by atoms with van der Waals surface area (Å²) in [6.07, 6.45) is 2.21. The van der Waals surface area contributed by atoms with E-state index in [1.54, 1.807) is 12.1 Å². The van der Waals surface area contributed by atoms with Gasteiger partial charge < -0.3 is 15.3 Å². The van der Waals surface area contributed by atoms with Gasteiger partial charge in [0.1, 0.15) is 11.4 Å². The van der Waals surface area contributed by atoms with Gasteiger partial charge in [-0.2, -0.15) is 5.10 Å². The molecule has 0 saturated carbocycles. The van der Waals surface area contributed by atoms with E-state index in [2.05, 4.69) is 22.3 Å². The number of aryl methyl sites for hydroxylation is 3. The third-order valence-electron chi connectivity index (χ3n) is 5.63. The van der Waals surface area contributed by atoms with Gasteiger partial charge in [-0.25, -0.2) is 9.78 Å². The van der Waals surface area contributed by atoms with Crippen LogP contribution in [0.1, 0.15) is 50.2 Å². The quantitative estimate of drug-likeness (QED) is 0.557. The van der Waals surface area contributed by atoms with Gasteiger partial charge in [-0.15, -0.1) is 0 Å². The van der Waals surface area contributed by atoms with Gasteiger partial charge in [0, 0.05) is 31.4 Å². The molecule has 0 radical (unpaired) electrons. The molecule has 0 aliphatic carbocycles. The molecule has 2 aromatic heterocycles. The smallest absolute Gasteiger partial charge is 0.339 e. The predicted molar refractivity (Wildman–Crippen MR) is 125 cm³/mol. The van der Waals surface area contributed by atoms with Crippen LogP contribution in [-0.4, -0.2) is 45.3 Å². The summed E-state index contributed by atoms with van der Waals surface area (Å²) in [5, 5.41) is 17.0. The van der Waals surface area contributed by atoms with Crippen LogP contribution in [0, 0.1) is 20.8 Å². The van der Waals surface area contributed by atoms with E-state index in [1.165, 1.54) is 12.3 Å². The number of aromatic nitrogens is 3. The molecule has 0 bridgehead atoms. The minimum Gasteiger partial charge on any atom is -0.478 e. The molecule has 3 rings (SSSR count). The van der Waals surface area contributed by atoms with Gasteiger partial charge in [0.2, 0.25) is 0 Å². The number of carboxylic acid groups (broad SMARTS) is 1. The highest BCUT2D eigenvalue weighted by molar-refractivity contribution is 6.06. The highest BCUT2D eigenvalue weighted by atomic mass is 16.4. The molecule has 2 N–H and O–H groups in total. The van der Waals surface area contributed by atoms with Crippen LogP contribution in [0.25, 0.3) is 0 Å². The average molecular weight is 436 g/mol. The lowest BCUT2D eigenvalue weighted by atomic mass is 10.1. The lowest BCUT2D eigenvalue weighted by Crippen LogP contribution is -2.24. The number of benzene rings is 1. The largest absolute Gasteiger partial charge is 0.478 e. The number of rotatable bonds is 8. The first-order valence-electron chi connectivity index (χ1n) is 10.6. The van der Waals surface area contributed by atoms with Crippen molar-refractivity contribution < 1.29 is 14.7 Å². The molecule has 3 aromatic rings. The van der Waals surface area contributed by atoms with E-state index in [1.807, 2.05) is 49.5 Å². The fraction of sp³-hybridized carbons (Fsp3) is 0.333. The molecule has 0 aliphatic rings. The molecular formula is C24H29N5O3. The zero-order valence-corrected chi connectivity index (χ0v) is 19.1. The van der Waals surface area contributed by atoms with Crippen LogP contribution >= 0.6 is 0 Å². The number of likely N-dealkylation sites (N-methyl/N-ethyl adjacent to an activating group) is 1. The molecule has 32 heavy (non-hydrogen) atoms. The zero-order valence-electron chi connectivity index (χ0n) is 19.1. The number of hydrogen-bond acceptors (Lipinski definition) is 5. The fourth-order valence-corrected chi connectivity index (χ4v) is 3.80. The fourth-order valence-electron chi connectivity index (χ4n) is 3.80. The van der Waals surface area contributed by atoms with Crippen molar-refractivity contribution in [2.75, 3.05) is 23.8 Å². The van der Waals surface area contributed by atoms with E-state index >= 15 is 0 Å². The SMILES string of the molecule is CCn1nc(C)c(CCN(C)c2ncc(NC(=O)c3ccccc3C)cc2C(=O)O)c1C. The summed E-state index contributed by atoms with van der Waals surface area (Å²) in [4.78, 5) is 30.7. The lowest BCUT2D eigenvalue weighted by Gasteiger charge is -2.21.